The number of sulfonamides is 1. The average Bonchev–Trinajstić information content (AvgIpc) is 3.27. The molecule has 16 heteroatoms. The maximum Gasteiger partial charge on any atom is 0.490 e. The normalized spacial score (nSPS) is 18.0. The van der Waals surface area contributed by atoms with Crippen LogP contribution in [0.1, 0.15) is 32.2 Å². The van der Waals surface area contributed by atoms with Gasteiger partial charge in [0, 0.05) is 32.8 Å². The first-order valence-corrected chi connectivity index (χ1v) is 13.0. The summed E-state index contributed by atoms with van der Waals surface area (Å²) >= 11 is 0. The zero-order valence-corrected chi connectivity index (χ0v) is 21.9. The molecule has 3 rings (SSSR count). The van der Waals surface area contributed by atoms with E-state index in [0.29, 0.717) is 42.3 Å². The molecule has 0 spiro atoms. The molecule has 37 heavy (non-hydrogen) atoms. The van der Waals surface area contributed by atoms with Crippen molar-refractivity contribution < 1.29 is 40.6 Å². The minimum absolute atomic E-state index is 0.264. The second kappa shape index (κ2) is 12.0. The highest BCUT2D eigenvalue weighted by atomic mass is 32.2. The van der Waals surface area contributed by atoms with Gasteiger partial charge in [0.1, 0.15) is 11.6 Å². The standard InChI is InChI=1S/C19H30N6O4S.C2HF3O2/c1-12-8-15(12)11-25(6-7-28-4)17-10-14(19-23-22-18(29-19)13(2)20)9-16(21-17)24(3)30(5,26)27;3-2(4,5)1(6)7/h9-10,12-13,15H,6-8,11,20H2,1-5H3;(H,6,7). The van der Waals surface area contributed by atoms with E-state index >= 15 is 0 Å². The van der Waals surface area contributed by atoms with Gasteiger partial charge < -0.3 is 24.9 Å². The summed E-state index contributed by atoms with van der Waals surface area (Å²) in [7, 11) is -0.382. The van der Waals surface area contributed by atoms with E-state index in [1.807, 2.05) is 6.07 Å². The summed E-state index contributed by atoms with van der Waals surface area (Å²) in [6.45, 7) is 5.95. The molecule has 2 heterocycles. The Morgan fingerprint density at radius 1 is 1.32 bits per heavy atom. The Hall–Kier alpha value is -2.98. The number of ether oxygens (including phenoxy) is 1. The summed E-state index contributed by atoms with van der Waals surface area (Å²) < 4.78 is 68.1. The molecule has 1 aliphatic carbocycles. The number of alkyl halides is 3. The highest BCUT2D eigenvalue weighted by Crippen LogP contribution is 2.39. The summed E-state index contributed by atoms with van der Waals surface area (Å²) in [5.41, 5.74) is 6.41. The molecule has 1 aliphatic rings. The molecule has 3 unspecified atom stereocenters. The van der Waals surface area contributed by atoms with Crippen LogP contribution in [0.15, 0.2) is 16.5 Å². The fraction of sp³-hybridized carbons (Fsp3) is 0.619. The molecule has 0 aliphatic heterocycles. The summed E-state index contributed by atoms with van der Waals surface area (Å²) in [5.74, 6) is -0.0264. The smallest absolute Gasteiger partial charge is 0.475 e. The third kappa shape index (κ3) is 8.82. The van der Waals surface area contributed by atoms with Crippen molar-refractivity contribution in [3.63, 3.8) is 0 Å². The zero-order chi connectivity index (χ0) is 28.1. The lowest BCUT2D eigenvalue weighted by molar-refractivity contribution is -0.192. The number of carboxylic acids is 1. The van der Waals surface area contributed by atoms with Crippen LogP contribution in [0, 0.1) is 11.8 Å². The number of methoxy groups -OCH3 is 1. The second-order valence-corrected chi connectivity index (χ2v) is 10.8. The number of aromatic nitrogens is 3. The molecule has 0 bridgehead atoms. The lowest BCUT2D eigenvalue weighted by atomic mass is 10.2. The van der Waals surface area contributed by atoms with Crippen LogP contribution in [-0.4, -0.2) is 81.0 Å². The van der Waals surface area contributed by atoms with E-state index in [2.05, 4.69) is 27.0 Å². The molecular weight excluding hydrogens is 521 g/mol. The van der Waals surface area contributed by atoms with Crippen LogP contribution in [0.25, 0.3) is 11.5 Å². The van der Waals surface area contributed by atoms with Crippen LogP contribution in [0.4, 0.5) is 24.8 Å². The van der Waals surface area contributed by atoms with Crippen LogP contribution < -0.4 is 14.9 Å². The minimum Gasteiger partial charge on any atom is -0.475 e. The molecule has 208 valence electrons. The van der Waals surface area contributed by atoms with Crippen LogP contribution in [0.2, 0.25) is 0 Å². The Bertz CT molecular complexity index is 1170. The number of nitrogens with zero attached hydrogens (tertiary/aromatic N) is 5. The first-order chi connectivity index (χ1) is 17.0. The van der Waals surface area contributed by atoms with Crippen molar-refractivity contribution in [1.29, 1.82) is 0 Å². The topological polar surface area (TPSA) is 165 Å². The third-order valence-electron chi connectivity index (χ3n) is 5.56. The van der Waals surface area contributed by atoms with E-state index in [4.69, 9.17) is 24.8 Å². The largest absolute Gasteiger partial charge is 0.490 e. The minimum atomic E-state index is -5.08. The SMILES string of the molecule is COCCN(CC1CC1C)c1cc(-c2nnc(C(C)N)o2)cc(N(C)S(C)(=O)=O)n1.O=C(O)C(F)(F)F. The van der Waals surface area contributed by atoms with Gasteiger partial charge in [-0.1, -0.05) is 6.92 Å². The third-order valence-corrected chi connectivity index (χ3v) is 6.74. The molecule has 3 N–H and O–H groups in total. The van der Waals surface area contributed by atoms with Gasteiger partial charge >= 0.3 is 12.1 Å². The number of carboxylic acid groups (broad SMARTS) is 1. The van der Waals surface area contributed by atoms with Crippen molar-refractivity contribution in [1.82, 2.24) is 15.2 Å². The van der Waals surface area contributed by atoms with Gasteiger partial charge in [0.2, 0.25) is 21.8 Å². The molecule has 2 aromatic heterocycles. The number of pyridine rings is 1. The van der Waals surface area contributed by atoms with Gasteiger partial charge in [-0.3, -0.25) is 4.31 Å². The number of rotatable bonds is 10. The van der Waals surface area contributed by atoms with Gasteiger partial charge in [-0.2, -0.15) is 13.2 Å². The Balaban J connectivity index is 0.000000604. The fourth-order valence-electron chi connectivity index (χ4n) is 3.09. The molecule has 0 radical (unpaired) electrons. The monoisotopic (exact) mass is 552 g/mol. The van der Waals surface area contributed by atoms with E-state index in [0.717, 1.165) is 17.1 Å². The Kier molecular flexibility index (Phi) is 9.84. The lowest BCUT2D eigenvalue weighted by Gasteiger charge is -2.26. The number of anilines is 2. The second-order valence-electron chi connectivity index (χ2n) is 8.75. The highest BCUT2D eigenvalue weighted by molar-refractivity contribution is 7.92. The maximum atomic E-state index is 12.1. The molecular formula is C21H31F3N6O6S. The van der Waals surface area contributed by atoms with E-state index < -0.39 is 28.2 Å². The van der Waals surface area contributed by atoms with Crippen molar-refractivity contribution in [2.24, 2.45) is 17.6 Å². The molecule has 12 nitrogen and oxygen atoms in total. The van der Waals surface area contributed by atoms with Crippen molar-refractivity contribution in [2.45, 2.75) is 32.5 Å². The van der Waals surface area contributed by atoms with Crippen LogP contribution in [0.5, 0.6) is 0 Å². The van der Waals surface area contributed by atoms with Gasteiger partial charge in [0.05, 0.1) is 18.9 Å². The van der Waals surface area contributed by atoms with Gasteiger partial charge in [-0.15, -0.1) is 10.2 Å². The first-order valence-electron chi connectivity index (χ1n) is 11.1. The Morgan fingerprint density at radius 2 is 1.89 bits per heavy atom. The fourth-order valence-corrected chi connectivity index (χ4v) is 3.52. The number of hydrogen-bond acceptors (Lipinski definition) is 10. The number of carbonyl (C=O) groups is 1. The molecule has 1 fully saturated rings. The molecule has 0 saturated heterocycles. The Morgan fingerprint density at radius 3 is 2.32 bits per heavy atom. The Labute approximate surface area is 212 Å². The lowest BCUT2D eigenvalue weighted by Crippen LogP contribution is -2.32. The summed E-state index contributed by atoms with van der Waals surface area (Å²) in [6.07, 6.45) is -2.78. The van der Waals surface area contributed by atoms with Crippen LogP contribution in [-0.2, 0) is 19.6 Å². The van der Waals surface area contributed by atoms with Crippen LogP contribution in [0.3, 0.4) is 0 Å². The molecule has 2 aromatic rings. The summed E-state index contributed by atoms with van der Waals surface area (Å²) in [4.78, 5) is 15.6. The molecule has 3 atom stereocenters. The van der Waals surface area contributed by atoms with Crippen molar-refractivity contribution in [3.05, 3.63) is 18.0 Å². The van der Waals surface area contributed by atoms with Gasteiger partial charge in [-0.05, 0) is 37.3 Å². The highest BCUT2D eigenvalue weighted by Gasteiger charge is 2.38. The van der Waals surface area contributed by atoms with Crippen molar-refractivity contribution in [3.8, 4) is 11.5 Å². The number of halogens is 3. The molecule has 1 saturated carbocycles. The average molecular weight is 553 g/mol. The van der Waals surface area contributed by atoms with Crippen LogP contribution >= 0.6 is 0 Å². The number of aliphatic carboxylic acids is 1. The molecule has 0 aromatic carbocycles. The van der Waals surface area contributed by atoms with Crippen molar-refractivity contribution >= 4 is 27.6 Å². The first kappa shape index (κ1) is 30.2. The molecule has 0 amide bonds. The summed E-state index contributed by atoms with van der Waals surface area (Å²) in [6, 6.07) is 3.05. The summed E-state index contributed by atoms with van der Waals surface area (Å²) in [5, 5.41) is 15.2. The van der Waals surface area contributed by atoms with Crippen molar-refractivity contribution in [2.75, 3.05) is 49.3 Å². The zero-order valence-electron chi connectivity index (χ0n) is 21.1. The van der Waals surface area contributed by atoms with Gasteiger partial charge in [0.15, 0.2) is 0 Å². The van der Waals surface area contributed by atoms with E-state index in [1.165, 1.54) is 13.5 Å². The van der Waals surface area contributed by atoms with Gasteiger partial charge in [0.25, 0.3) is 0 Å². The predicted octanol–water partition coefficient (Wildman–Crippen LogP) is 2.29. The quantitative estimate of drug-likeness (QED) is 0.444. The van der Waals surface area contributed by atoms with E-state index in [-0.39, 0.29) is 11.7 Å². The van der Waals surface area contributed by atoms with E-state index in [1.54, 1.807) is 20.1 Å². The predicted molar refractivity (Wildman–Crippen MR) is 128 cm³/mol. The number of nitrogens with two attached hydrogens (primary N) is 1. The van der Waals surface area contributed by atoms with Gasteiger partial charge in [-0.25, -0.2) is 18.2 Å². The maximum absolute atomic E-state index is 12.1. The van der Waals surface area contributed by atoms with E-state index in [9.17, 15) is 21.6 Å². The number of hydrogen-bond donors (Lipinski definition) is 2.